The predicted molar refractivity (Wildman–Crippen MR) is 154 cm³/mol. The fourth-order valence-electron chi connectivity index (χ4n) is 4.43. The first-order valence-electron chi connectivity index (χ1n) is 11.9. The van der Waals surface area contributed by atoms with Crippen LogP contribution in [0.25, 0.3) is 6.08 Å². The van der Waals surface area contributed by atoms with E-state index in [1.54, 1.807) is 62.6 Å². The SMILES string of the molecule is COc1ccc([C@H]2C(C(=O)Nc3ccccc3)=C(C)N=c3s/c(=C/c4cc(Br)cc([N+](=O)[O-])c4O)c(=O)n32)cc1. The third-order valence-corrected chi connectivity index (χ3v) is 7.74. The highest BCUT2D eigenvalue weighted by Crippen LogP contribution is 2.34. The summed E-state index contributed by atoms with van der Waals surface area (Å²) in [6, 6.07) is 17.8. The van der Waals surface area contributed by atoms with Gasteiger partial charge in [0.1, 0.15) is 5.75 Å². The van der Waals surface area contributed by atoms with Crippen molar-refractivity contribution in [3.63, 3.8) is 0 Å². The molecular formula is C28H21BrN4O6S. The van der Waals surface area contributed by atoms with Crippen LogP contribution in [0.4, 0.5) is 11.4 Å². The molecule has 0 saturated carbocycles. The van der Waals surface area contributed by atoms with Gasteiger partial charge in [0.05, 0.1) is 33.9 Å². The molecule has 0 fully saturated rings. The number of carbonyl (C=O) groups excluding carboxylic acids is 1. The lowest BCUT2D eigenvalue weighted by Crippen LogP contribution is -2.40. The number of aromatic nitrogens is 1. The first-order chi connectivity index (χ1) is 19.2. The molecule has 0 saturated heterocycles. The fourth-order valence-corrected chi connectivity index (χ4v) is 5.93. The van der Waals surface area contributed by atoms with Crippen molar-refractivity contribution in [2.24, 2.45) is 4.99 Å². The van der Waals surface area contributed by atoms with Crippen LogP contribution in [0.2, 0.25) is 0 Å². The van der Waals surface area contributed by atoms with Gasteiger partial charge < -0.3 is 15.2 Å². The van der Waals surface area contributed by atoms with E-state index < -0.39 is 33.9 Å². The molecule has 2 heterocycles. The number of methoxy groups -OCH3 is 1. The largest absolute Gasteiger partial charge is 0.502 e. The molecule has 0 unspecified atom stereocenters. The first-order valence-corrected chi connectivity index (χ1v) is 13.5. The topological polar surface area (TPSA) is 136 Å². The number of nitro benzene ring substituents is 1. The molecule has 1 amide bonds. The summed E-state index contributed by atoms with van der Waals surface area (Å²) >= 11 is 4.27. The number of halogens is 1. The number of ether oxygens (including phenoxy) is 1. The van der Waals surface area contributed by atoms with Gasteiger partial charge >= 0.3 is 5.69 Å². The monoisotopic (exact) mass is 620 g/mol. The third-order valence-electron chi connectivity index (χ3n) is 6.30. The Labute approximate surface area is 239 Å². The molecule has 1 atom stereocenters. The lowest BCUT2D eigenvalue weighted by atomic mass is 9.95. The number of thiazole rings is 1. The van der Waals surface area contributed by atoms with Gasteiger partial charge in [-0.15, -0.1) is 0 Å². The van der Waals surface area contributed by atoms with Crippen molar-refractivity contribution in [3.8, 4) is 11.5 Å². The molecule has 10 nitrogen and oxygen atoms in total. The van der Waals surface area contributed by atoms with Crippen LogP contribution >= 0.6 is 27.3 Å². The van der Waals surface area contributed by atoms with Gasteiger partial charge in [0.25, 0.3) is 11.5 Å². The van der Waals surface area contributed by atoms with E-state index >= 15 is 0 Å². The number of rotatable bonds is 6. The molecule has 12 heteroatoms. The van der Waals surface area contributed by atoms with Crippen molar-refractivity contribution in [1.82, 2.24) is 4.57 Å². The predicted octanol–water partition coefficient (Wildman–Crippen LogP) is 4.26. The number of hydrogen-bond donors (Lipinski definition) is 2. The Balaban J connectivity index is 1.70. The van der Waals surface area contributed by atoms with Gasteiger partial charge in [-0.1, -0.05) is 57.6 Å². The van der Waals surface area contributed by atoms with E-state index in [9.17, 15) is 24.8 Å². The average Bonchev–Trinajstić information content (AvgIpc) is 3.24. The molecule has 3 aromatic carbocycles. The number of phenolic OH excluding ortho intramolecular Hbond substituents is 1. The Bertz CT molecular complexity index is 1860. The molecule has 1 aliphatic heterocycles. The number of para-hydroxylation sites is 1. The van der Waals surface area contributed by atoms with E-state index in [0.717, 1.165) is 11.3 Å². The number of allylic oxidation sites excluding steroid dienone is 1. The minimum atomic E-state index is -0.821. The van der Waals surface area contributed by atoms with Crippen molar-refractivity contribution in [2.75, 3.05) is 12.4 Å². The second-order valence-corrected chi connectivity index (χ2v) is 10.7. The molecule has 0 radical (unpaired) electrons. The molecule has 2 N–H and O–H groups in total. The molecule has 202 valence electrons. The summed E-state index contributed by atoms with van der Waals surface area (Å²) in [5, 5.41) is 24.8. The van der Waals surface area contributed by atoms with Crippen molar-refractivity contribution < 1.29 is 19.6 Å². The summed E-state index contributed by atoms with van der Waals surface area (Å²) < 4.78 is 7.25. The smallest absolute Gasteiger partial charge is 0.312 e. The summed E-state index contributed by atoms with van der Waals surface area (Å²) in [5.74, 6) is -0.369. The summed E-state index contributed by atoms with van der Waals surface area (Å²) in [6.45, 7) is 1.71. The molecule has 5 rings (SSSR count). The number of amides is 1. The van der Waals surface area contributed by atoms with Crippen LogP contribution in [0.1, 0.15) is 24.1 Å². The maximum Gasteiger partial charge on any atom is 0.312 e. The quantitative estimate of drug-likeness (QED) is 0.244. The number of nitro groups is 1. The Morgan fingerprint density at radius 2 is 1.90 bits per heavy atom. The lowest BCUT2D eigenvalue weighted by molar-refractivity contribution is -0.385. The summed E-state index contributed by atoms with van der Waals surface area (Å²) in [4.78, 5) is 43.1. The zero-order chi connectivity index (χ0) is 28.6. The zero-order valence-electron chi connectivity index (χ0n) is 21.1. The molecule has 1 aliphatic rings. The van der Waals surface area contributed by atoms with E-state index in [-0.39, 0.29) is 15.7 Å². The first kappa shape index (κ1) is 27.0. The van der Waals surface area contributed by atoms with E-state index in [1.807, 2.05) is 6.07 Å². The summed E-state index contributed by atoms with van der Waals surface area (Å²) in [5.41, 5.74) is 1.08. The third kappa shape index (κ3) is 5.06. The van der Waals surface area contributed by atoms with Gasteiger partial charge in [0.2, 0.25) is 5.75 Å². The van der Waals surface area contributed by atoms with Gasteiger partial charge in [0, 0.05) is 21.8 Å². The molecule has 0 bridgehead atoms. The Morgan fingerprint density at radius 1 is 1.20 bits per heavy atom. The summed E-state index contributed by atoms with van der Waals surface area (Å²) in [7, 11) is 1.54. The van der Waals surface area contributed by atoms with Crippen LogP contribution in [0.15, 0.2) is 92.3 Å². The minimum Gasteiger partial charge on any atom is -0.502 e. The van der Waals surface area contributed by atoms with E-state index in [4.69, 9.17) is 4.74 Å². The Morgan fingerprint density at radius 3 is 2.55 bits per heavy atom. The van der Waals surface area contributed by atoms with Crippen molar-refractivity contribution >= 4 is 50.6 Å². The maximum absolute atomic E-state index is 13.8. The highest BCUT2D eigenvalue weighted by atomic mass is 79.9. The molecule has 1 aromatic heterocycles. The normalized spacial score (nSPS) is 14.9. The number of carbonyl (C=O) groups is 1. The molecule has 40 heavy (non-hydrogen) atoms. The van der Waals surface area contributed by atoms with Gasteiger partial charge in [-0.05, 0) is 48.9 Å². The summed E-state index contributed by atoms with van der Waals surface area (Å²) in [6.07, 6.45) is 1.38. The molecule has 4 aromatic rings. The number of fused-ring (bicyclic) bond motifs is 1. The van der Waals surface area contributed by atoms with Crippen molar-refractivity contribution in [3.05, 3.63) is 123 Å². The highest BCUT2D eigenvalue weighted by Gasteiger charge is 2.32. The molecule has 0 aliphatic carbocycles. The number of nitrogens with zero attached hydrogens (tertiary/aromatic N) is 3. The van der Waals surface area contributed by atoms with Crippen LogP contribution in [-0.4, -0.2) is 27.6 Å². The number of phenols is 1. The Hall–Kier alpha value is -4.55. The second kappa shape index (κ2) is 10.9. The Kier molecular flexibility index (Phi) is 7.37. The number of aromatic hydroxyl groups is 1. The number of hydrogen-bond acceptors (Lipinski definition) is 8. The average molecular weight is 621 g/mol. The number of nitrogens with one attached hydrogen (secondary N) is 1. The van der Waals surface area contributed by atoms with Gasteiger partial charge in [0.15, 0.2) is 4.80 Å². The van der Waals surface area contributed by atoms with Gasteiger partial charge in [-0.2, -0.15) is 0 Å². The van der Waals surface area contributed by atoms with Crippen LogP contribution in [0.5, 0.6) is 11.5 Å². The van der Waals surface area contributed by atoms with E-state index in [0.29, 0.717) is 32.0 Å². The van der Waals surface area contributed by atoms with Crippen LogP contribution in [-0.2, 0) is 4.79 Å². The van der Waals surface area contributed by atoms with Crippen LogP contribution < -0.4 is 24.9 Å². The number of benzene rings is 3. The fraction of sp³-hybridized carbons (Fsp3) is 0.107. The van der Waals surface area contributed by atoms with E-state index in [2.05, 4.69) is 26.2 Å². The highest BCUT2D eigenvalue weighted by molar-refractivity contribution is 9.10. The molecular weight excluding hydrogens is 600 g/mol. The zero-order valence-corrected chi connectivity index (χ0v) is 23.5. The van der Waals surface area contributed by atoms with Crippen molar-refractivity contribution in [1.29, 1.82) is 0 Å². The number of anilines is 1. The van der Waals surface area contributed by atoms with E-state index in [1.165, 1.54) is 22.8 Å². The van der Waals surface area contributed by atoms with Crippen molar-refractivity contribution in [2.45, 2.75) is 13.0 Å². The minimum absolute atomic E-state index is 0.0881. The van der Waals surface area contributed by atoms with Gasteiger partial charge in [-0.3, -0.25) is 24.3 Å². The molecule has 0 spiro atoms. The standard InChI is InChI=1S/C28H21BrN4O6S/c1-15-23(26(35)31-19-6-4-3-5-7-19)24(16-8-10-20(39-2)11-9-16)32-27(36)22(40-28(32)30-15)13-17-12-18(29)14-21(25(17)34)33(37)38/h3-14,24,34H,1-2H3,(H,31,35)/b22-13+/t24-/m0/s1. The lowest BCUT2D eigenvalue weighted by Gasteiger charge is -2.25. The van der Waals surface area contributed by atoms with Crippen LogP contribution in [0, 0.1) is 10.1 Å². The maximum atomic E-state index is 13.8. The van der Waals surface area contributed by atoms with Crippen LogP contribution in [0.3, 0.4) is 0 Å². The second-order valence-electron chi connectivity index (χ2n) is 8.79. The van der Waals surface area contributed by atoms with Gasteiger partial charge in [-0.25, -0.2) is 4.99 Å².